The van der Waals surface area contributed by atoms with Crippen LogP contribution in [-0.4, -0.2) is 15.7 Å². The van der Waals surface area contributed by atoms with Crippen molar-refractivity contribution >= 4 is 50.6 Å². The highest BCUT2D eigenvalue weighted by Gasteiger charge is 2.17. The summed E-state index contributed by atoms with van der Waals surface area (Å²) in [6.07, 6.45) is 17.2. The van der Waals surface area contributed by atoms with E-state index in [1.807, 2.05) is 12.2 Å². The largest absolute Gasteiger partial charge is 0.354 e. The summed E-state index contributed by atoms with van der Waals surface area (Å²) in [6, 6.07) is 28.4. The van der Waals surface area contributed by atoms with Crippen LogP contribution in [0.5, 0.6) is 0 Å². The lowest BCUT2D eigenvalue weighted by Crippen LogP contribution is -2.25. The lowest BCUT2D eigenvalue weighted by molar-refractivity contribution is 1.25. The van der Waals surface area contributed by atoms with E-state index in [0.29, 0.717) is 0 Å². The molecule has 3 nitrogen and oxygen atoms in total. The molecule has 0 bridgehead atoms. The molecule has 3 heterocycles. The van der Waals surface area contributed by atoms with Gasteiger partial charge in [0, 0.05) is 44.4 Å². The summed E-state index contributed by atoms with van der Waals surface area (Å²) >= 11 is 0. The number of benzene rings is 4. The predicted molar refractivity (Wildman–Crippen MR) is 199 cm³/mol. The number of fused-ring (bicyclic) bond motifs is 5. The summed E-state index contributed by atoms with van der Waals surface area (Å²) in [5.74, 6) is 0. The molecule has 0 spiro atoms. The molecule has 2 N–H and O–H groups in total. The maximum atomic E-state index is 5.16. The van der Waals surface area contributed by atoms with E-state index in [2.05, 4.69) is 157 Å². The molecule has 0 fully saturated rings. The summed E-state index contributed by atoms with van der Waals surface area (Å²) < 4.78 is 0. The third kappa shape index (κ3) is 5.01. The molecule has 0 unspecified atom stereocenters. The Morgan fingerprint density at radius 1 is 0.830 bits per heavy atom. The van der Waals surface area contributed by atoms with Gasteiger partial charge in [0.05, 0.1) is 21.8 Å². The van der Waals surface area contributed by atoms with Crippen LogP contribution in [-0.2, 0) is 6.42 Å². The van der Waals surface area contributed by atoms with E-state index < -0.39 is 0 Å². The number of allylic oxidation sites excluding steroid dienone is 7. The highest BCUT2D eigenvalue weighted by atomic mass is 14.8. The van der Waals surface area contributed by atoms with Crippen molar-refractivity contribution in [1.29, 1.82) is 0 Å². The molecule has 0 saturated carbocycles. The lowest BCUT2D eigenvalue weighted by Gasteiger charge is -2.15. The fourth-order valence-electron chi connectivity index (χ4n) is 6.80. The van der Waals surface area contributed by atoms with E-state index in [0.717, 1.165) is 83.9 Å². The first-order chi connectivity index (χ1) is 23.1. The minimum atomic E-state index is 0.818. The Balaban J connectivity index is 1.44. The van der Waals surface area contributed by atoms with Crippen molar-refractivity contribution in [2.45, 2.75) is 20.3 Å². The van der Waals surface area contributed by atoms with E-state index in [1.165, 1.54) is 16.5 Å². The van der Waals surface area contributed by atoms with Crippen LogP contribution in [0.3, 0.4) is 0 Å². The van der Waals surface area contributed by atoms with Crippen LogP contribution in [0, 0.1) is 6.92 Å². The predicted octanol–water partition coefficient (Wildman–Crippen LogP) is 9.56. The first-order valence-corrected chi connectivity index (χ1v) is 16.0. The van der Waals surface area contributed by atoms with Crippen LogP contribution in [0.15, 0.2) is 139 Å². The maximum Gasteiger partial charge on any atom is 0.0746 e. The summed E-state index contributed by atoms with van der Waals surface area (Å²) in [5.41, 5.74) is 21.1. The van der Waals surface area contributed by atoms with Crippen molar-refractivity contribution in [3.63, 3.8) is 0 Å². The Morgan fingerprint density at radius 2 is 1.62 bits per heavy atom. The smallest absolute Gasteiger partial charge is 0.0746 e. The summed E-state index contributed by atoms with van der Waals surface area (Å²) in [5, 5.41) is 4.46. The topological polar surface area (TPSA) is 43.9 Å². The van der Waals surface area contributed by atoms with Crippen LogP contribution in [0.25, 0.3) is 61.4 Å². The zero-order chi connectivity index (χ0) is 31.9. The Morgan fingerprint density at radius 3 is 2.51 bits per heavy atom. The van der Waals surface area contributed by atoms with Crippen molar-refractivity contribution in [3.8, 4) is 22.3 Å². The lowest BCUT2D eigenvalue weighted by atomic mass is 9.90. The SMILES string of the molecule is C=C/C=C\c1[nH]c2c(-c3cc(C4=c5[nH]c6ccccc6c5=C=C=C4)cc(-c4cccc5c4N=C(C)/C=C\C=CC5)c3)cccc2c1C. The molecular formula is C44H33N3. The Labute approximate surface area is 274 Å². The highest BCUT2D eigenvalue weighted by molar-refractivity contribution is 6.01. The van der Waals surface area contributed by atoms with Gasteiger partial charge in [0.25, 0.3) is 0 Å². The van der Waals surface area contributed by atoms with E-state index in [-0.39, 0.29) is 0 Å². The molecule has 2 aliphatic rings. The molecule has 6 aromatic rings. The number of aliphatic imine (C=N–C) groups is 1. The molecule has 2 aromatic heterocycles. The van der Waals surface area contributed by atoms with Crippen molar-refractivity contribution in [3.05, 3.63) is 167 Å². The number of aryl methyl sites for hydroxylation is 1. The molecule has 1 aliphatic heterocycles. The van der Waals surface area contributed by atoms with Gasteiger partial charge in [-0.2, -0.15) is 0 Å². The number of hydrogen-bond acceptors (Lipinski definition) is 1. The fraction of sp³-hybridized carbons (Fsp3) is 0.0682. The number of nitrogens with zero attached hydrogens (tertiary/aromatic N) is 1. The minimum absolute atomic E-state index is 0.818. The summed E-state index contributed by atoms with van der Waals surface area (Å²) in [7, 11) is 0. The minimum Gasteiger partial charge on any atom is -0.354 e. The molecular weight excluding hydrogens is 571 g/mol. The number of hydrogen-bond donors (Lipinski definition) is 2. The third-order valence-electron chi connectivity index (χ3n) is 9.12. The average molecular weight is 604 g/mol. The Bertz CT molecular complexity index is 2600. The molecule has 224 valence electrons. The van der Waals surface area contributed by atoms with E-state index >= 15 is 0 Å². The van der Waals surface area contributed by atoms with E-state index in [9.17, 15) is 0 Å². The van der Waals surface area contributed by atoms with Crippen LogP contribution in [0.2, 0.25) is 0 Å². The van der Waals surface area contributed by atoms with Crippen molar-refractivity contribution in [2.24, 2.45) is 4.99 Å². The van der Waals surface area contributed by atoms with E-state index in [1.54, 1.807) is 0 Å². The van der Waals surface area contributed by atoms with Gasteiger partial charge >= 0.3 is 0 Å². The number of rotatable bonds is 5. The van der Waals surface area contributed by atoms with Crippen molar-refractivity contribution in [2.75, 3.05) is 0 Å². The maximum absolute atomic E-state index is 5.16. The quantitative estimate of drug-likeness (QED) is 0.146. The van der Waals surface area contributed by atoms with Gasteiger partial charge in [-0.3, -0.25) is 4.99 Å². The standard InChI is InChI=1S/C44H33N3/c1-4-5-23-40-29(3)34-18-12-20-36(43(34)46-40)32-25-31(35-19-11-16-30-15-8-6-7-14-28(2)45-42(30)35)26-33(27-32)37-21-13-22-39-38-17-9-10-24-41(38)47-44(37)39/h4-12,14,16-21,23-27,46-47H,1,15H2,2-3H3/b8-6?,14-7-,23-5-,45-28?. The Hall–Kier alpha value is -6.11. The van der Waals surface area contributed by atoms with Gasteiger partial charge in [0.1, 0.15) is 0 Å². The summed E-state index contributed by atoms with van der Waals surface area (Å²) in [6.45, 7) is 8.10. The molecule has 47 heavy (non-hydrogen) atoms. The number of para-hydroxylation sites is 3. The molecule has 4 aromatic carbocycles. The second-order valence-corrected chi connectivity index (χ2v) is 12.1. The van der Waals surface area contributed by atoms with Gasteiger partial charge in [-0.15, -0.1) is 0 Å². The molecule has 8 rings (SSSR count). The van der Waals surface area contributed by atoms with Gasteiger partial charge in [-0.25, -0.2) is 0 Å². The third-order valence-corrected chi connectivity index (χ3v) is 9.12. The monoisotopic (exact) mass is 603 g/mol. The van der Waals surface area contributed by atoms with Crippen LogP contribution in [0.1, 0.15) is 29.3 Å². The molecule has 3 heteroatoms. The van der Waals surface area contributed by atoms with Crippen molar-refractivity contribution in [1.82, 2.24) is 9.97 Å². The van der Waals surface area contributed by atoms with E-state index in [4.69, 9.17) is 4.99 Å². The van der Waals surface area contributed by atoms with Crippen LogP contribution < -0.4 is 10.6 Å². The van der Waals surface area contributed by atoms with Gasteiger partial charge in [0.15, 0.2) is 0 Å². The highest BCUT2D eigenvalue weighted by Crippen LogP contribution is 2.40. The zero-order valence-corrected chi connectivity index (χ0v) is 26.5. The molecule has 0 saturated heterocycles. The Kier molecular flexibility index (Phi) is 7.05. The van der Waals surface area contributed by atoms with Gasteiger partial charge in [-0.1, -0.05) is 103 Å². The number of H-pyrrole nitrogens is 2. The molecule has 0 radical (unpaired) electrons. The average Bonchev–Trinajstić information content (AvgIpc) is 3.66. The molecule has 0 amide bonds. The second-order valence-electron chi connectivity index (χ2n) is 12.1. The molecule has 0 atom stereocenters. The van der Waals surface area contributed by atoms with Crippen LogP contribution >= 0.6 is 0 Å². The van der Waals surface area contributed by atoms with Gasteiger partial charge < -0.3 is 9.97 Å². The second kappa shape index (κ2) is 11.7. The first kappa shape index (κ1) is 28.4. The zero-order valence-electron chi connectivity index (χ0n) is 26.5. The van der Waals surface area contributed by atoms with Gasteiger partial charge in [0.2, 0.25) is 0 Å². The first-order valence-electron chi connectivity index (χ1n) is 16.0. The number of aromatic nitrogens is 2. The van der Waals surface area contributed by atoms with Crippen molar-refractivity contribution < 1.29 is 0 Å². The van der Waals surface area contributed by atoms with Crippen LogP contribution in [0.4, 0.5) is 5.69 Å². The van der Waals surface area contributed by atoms with Gasteiger partial charge in [-0.05, 0) is 90.6 Å². The fourth-order valence-corrected chi connectivity index (χ4v) is 6.80. The normalized spacial score (nSPS) is 14.4. The number of nitrogens with one attached hydrogen (secondary N) is 2. The molecule has 1 aliphatic carbocycles. The number of aromatic amines is 2. The summed E-state index contributed by atoms with van der Waals surface area (Å²) in [4.78, 5) is 12.6.